The van der Waals surface area contributed by atoms with E-state index in [0.29, 0.717) is 12.5 Å². The molecule has 3 nitrogen and oxygen atoms in total. The molecule has 1 aliphatic rings. The summed E-state index contributed by atoms with van der Waals surface area (Å²) in [6.07, 6.45) is 3.13. The molecule has 0 amide bonds. The third kappa shape index (κ3) is 2.88. The fraction of sp³-hybridized carbons (Fsp3) is 0.545. The minimum Gasteiger partial charge on any atom is -0.475 e. The Labute approximate surface area is 92.8 Å². The summed E-state index contributed by atoms with van der Waals surface area (Å²) in [5, 5.41) is 3.24. The first-order chi connectivity index (χ1) is 7.75. The predicted molar refractivity (Wildman–Crippen MR) is 55.2 cm³/mol. The Bertz CT molecular complexity index is 354. The fourth-order valence-electron chi connectivity index (χ4n) is 1.77. The summed E-state index contributed by atoms with van der Waals surface area (Å²) in [5.74, 6) is -1.18. The Kier molecular flexibility index (Phi) is 3.66. The molecule has 1 N–H and O–H groups in total. The molecule has 0 aliphatic carbocycles. The Morgan fingerprint density at radius 3 is 3.06 bits per heavy atom. The molecule has 1 aliphatic heterocycles. The van der Waals surface area contributed by atoms with Gasteiger partial charge in [-0.15, -0.1) is 0 Å². The summed E-state index contributed by atoms with van der Waals surface area (Å²) < 4.78 is 31.0. The molecule has 1 atom stereocenters. The average molecular weight is 228 g/mol. The third-order valence-electron chi connectivity index (χ3n) is 2.63. The molecule has 2 rings (SSSR count). The SMILES string of the molecule is Fc1cnc(OCC2CCCNC2)c(F)c1. The highest BCUT2D eigenvalue weighted by Crippen LogP contribution is 2.16. The lowest BCUT2D eigenvalue weighted by Crippen LogP contribution is -2.33. The van der Waals surface area contributed by atoms with Gasteiger partial charge in [-0.3, -0.25) is 0 Å². The van der Waals surface area contributed by atoms with Gasteiger partial charge in [0.15, 0.2) is 5.82 Å². The van der Waals surface area contributed by atoms with Crippen LogP contribution in [0.4, 0.5) is 8.78 Å². The minimum absolute atomic E-state index is 0.119. The number of hydrogen-bond donors (Lipinski definition) is 1. The second kappa shape index (κ2) is 5.21. The number of nitrogens with zero attached hydrogens (tertiary/aromatic N) is 1. The quantitative estimate of drug-likeness (QED) is 0.855. The third-order valence-corrected chi connectivity index (χ3v) is 2.63. The van der Waals surface area contributed by atoms with E-state index in [1.54, 1.807) is 0 Å². The van der Waals surface area contributed by atoms with Crippen LogP contribution in [-0.2, 0) is 0 Å². The summed E-state index contributed by atoms with van der Waals surface area (Å²) >= 11 is 0. The Morgan fingerprint density at radius 2 is 2.38 bits per heavy atom. The first-order valence-electron chi connectivity index (χ1n) is 5.40. The van der Waals surface area contributed by atoms with Gasteiger partial charge in [-0.05, 0) is 19.4 Å². The van der Waals surface area contributed by atoms with E-state index >= 15 is 0 Å². The van der Waals surface area contributed by atoms with Gasteiger partial charge in [-0.1, -0.05) is 0 Å². The summed E-state index contributed by atoms with van der Waals surface area (Å²) in [4.78, 5) is 3.57. The van der Waals surface area contributed by atoms with Gasteiger partial charge in [0.25, 0.3) is 5.88 Å². The molecule has 0 aromatic carbocycles. The van der Waals surface area contributed by atoms with E-state index < -0.39 is 11.6 Å². The monoisotopic (exact) mass is 228 g/mol. The first kappa shape index (κ1) is 11.3. The summed E-state index contributed by atoms with van der Waals surface area (Å²) in [6.45, 7) is 2.32. The molecule has 5 heteroatoms. The second-order valence-electron chi connectivity index (χ2n) is 3.96. The smallest absolute Gasteiger partial charge is 0.250 e. The molecule has 1 fully saturated rings. The van der Waals surface area contributed by atoms with Gasteiger partial charge < -0.3 is 10.1 Å². The van der Waals surface area contributed by atoms with Gasteiger partial charge >= 0.3 is 0 Å². The van der Waals surface area contributed by atoms with Crippen LogP contribution in [-0.4, -0.2) is 24.7 Å². The van der Waals surface area contributed by atoms with E-state index in [1.165, 1.54) is 0 Å². The standard InChI is InChI=1S/C11H14F2N2O/c12-9-4-10(13)11(15-6-9)16-7-8-2-1-3-14-5-8/h4,6,8,14H,1-3,5,7H2. The predicted octanol–water partition coefficient (Wildman–Crippen LogP) is 1.74. The largest absolute Gasteiger partial charge is 0.475 e. The zero-order valence-electron chi connectivity index (χ0n) is 8.88. The average Bonchev–Trinajstić information content (AvgIpc) is 2.29. The topological polar surface area (TPSA) is 34.1 Å². The van der Waals surface area contributed by atoms with E-state index in [2.05, 4.69) is 10.3 Å². The van der Waals surface area contributed by atoms with Crippen molar-refractivity contribution in [2.45, 2.75) is 12.8 Å². The summed E-state index contributed by atoms with van der Waals surface area (Å²) in [5.41, 5.74) is 0. The molecular formula is C11H14F2N2O. The molecule has 1 aromatic rings. The van der Waals surface area contributed by atoms with Crippen LogP contribution < -0.4 is 10.1 Å². The molecule has 0 radical (unpaired) electrons. The van der Waals surface area contributed by atoms with Crippen molar-refractivity contribution in [1.29, 1.82) is 0 Å². The zero-order chi connectivity index (χ0) is 11.4. The lowest BCUT2D eigenvalue weighted by molar-refractivity contribution is 0.204. The minimum atomic E-state index is -0.747. The van der Waals surface area contributed by atoms with Crippen molar-refractivity contribution >= 4 is 0 Å². The first-order valence-corrected chi connectivity index (χ1v) is 5.40. The number of ether oxygens (including phenoxy) is 1. The molecular weight excluding hydrogens is 214 g/mol. The van der Waals surface area contributed by atoms with Gasteiger partial charge in [0.1, 0.15) is 5.82 Å². The van der Waals surface area contributed by atoms with Gasteiger partial charge in [0.05, 0.1) is 12.8 Å². The van der Waals surface area contributed by atoms with Crippen LogP contribution in [0.2, 0.25) is 0 Å². The Hall–Kier alpha value is -1.23. The van der Waals surface area contributed by atoms with Crippen LogP contribution in [0, 0.1) is 17.6 Å². The molecule has 1 aromatic heterocycles. The zero-order valence-corrected chi connectivity index (χ0v) is 8.88. The van der Waals surface area contributed by atoms with E-state index in [1.807, 2.05) is 0 Å². The highest BCUT2D eigenvalue weighted by Gasteiger charge is 2.15. The normalized spacial score (nSPS) is 20.8. The summed E-state index contributed by atoms with van der Waals surface area (Å²) in [6, 6.07) is 0.779. The molecule has 0 bridgehead atoms. The molecule has 16 heavy (non-hydrogen) atoms. The molecule has 2 heterocycles. The molecule has 1 saturated heterocycles. The molecule has 1 unspecified atom stereocenters. The highest BCUT2D eigenvalue weighted by atomic mass is 19.1. The molecule has 88 valence electrons. The van der Waals surface area contributed by atoms with Crippen molar-refractivity contribution in [3.63, 3.8) is 0 Å². The van der Waals surface area contributed by atoms with Gasteiger partial charge in [0, 0.05) is 18.5 Å². The van der Waals surface area contributed by atoms with E-state index in [4.69, 9.17) is 4.74 Å². The molecule has 0 saturated carbocycles. The van der Waals surface area contributed by atoms with Crippen molar-refractivity contribution in [3.8, 4) is 5.88 Å². The maximum absolute atomic E-state index is 13.2. The molecule has 0 spiro atoms. The number of rotatable bonds is 3. The van der Waals surface area contributed by atoms with Gasteiger partial charge in [-0.25, -0.2) is 13.8 Å². The van der Waals surface area contributed by atoms with E-state index in [-0.39, 0.29) is 5.88 Å². The highest BCUT2D eigenvalue weighted by molar-refractivity contribution is 5.14. The van der Waals surface area contributed by atoms with Crippen molar-refractivity contribution < 1.29 is 13.5 Å². The van der Waals surface area contributed by atoms with Crippen LogP contribution in [0.15, 0.2) is 12.3 Å². The van der Waals surface area contributed by atoms with Crippen LogP contribution in [0.25, 0.3) is 0 Å². The second-order valence-corrected chi connectivity index (χ2v) is 3.96. The van der Waals surface area contributed by atoms with Crippen molar-refractivity contribution in [1.82, 2.24) is 10.3 Å². The Morgan fingerprint density at radius 1 is 1.50 bits per heavy atom. The summed E-state index contributed by atoms with van der Waals surface area (Å²) in [7, 11) is 0. The maximum Gasteiger partial charge on any atom is 0.250 e. The number of halogens is 2. The number of aromatic nitrogens is 1. The van der Waals surface area contributed by atoms with Gasteiger partial charge in [-0.2, -0.15) is 0 Å². The van der Waals surface area contributed by atoms with Crippen LogP contribution >= 0.6 is 0 Å². The van der Waals surface area contributed by atoms with Crippen LogP contribution in [0.3, 0.4) is 0 Å². The number of nitrogens with one attached hydrogen (secondary N) is 1. The lowest BCUT2D eigenvalue weighted by atomic mass is 10.0. The van der Waals surface area contributed by atoms with E-state index in [9.17, 15) is 8.78 Å². The maximum atomic E-state index is 13.2. The Balaban J connectivity index is 1.88. The number of hydrogen-bond acceptors (Lipinski definition) is 3. The van der Waals surface area contributed by atoms with E-state index in [0.717, 1.165) is 38.2 Å². The van der Waals surface area contributed by atoms with Crippen LogP contribution in [0.1, 0.15) is 12.8 Å². The van der Waals surface area contributed by atoms with Crippen molar-refractivity contribution in [3.05, 3.63) is 23.9 Å². The van der Waals surface area contributed by atoms with Gasteiger partial charge in [0.2, 0.25) is 0 Å². The van der Waals surface area contributed by atoms with Crippen LogP contribution in [0.5, 0.6) is 5.88 Å². The lowest BCUT2D eigenvalue weighted by Gasteiger charge is -2.22. The van der Waals surface area contributed by atoms with Crippen molar-refractivity contribution in [2.24, 2.45) is 5.92 Å². The number of piperidine rings is 1. The number of pyridine rings is 1. The fourth-order valence-corrected chi connectivity index (χ4v) is 1.77. The van der Waals surface area contributed by atoms with Crippen molar-refractivity contribution in [2.75, 3.05) is 19.7 Å².